The van der Waals surface area contributed by atoms with Crippen molar-refractivity contribution in [1.29, 1.82) is 0 Å². The zero-order chi connectivity index (χ0) is 22.2. The highest BCUT2D eigenvalue weighted by Gasteiger charge is 2.36. The Hall–Kier alpha value is -2.46. The van der Waals surface area contributed by atoms with Crippen LogP contribution in [-0.2, 0) is 11.3 Å². The van der Waals surface area contributed by atoms with E-state index in [1.54, 1.807) is 25.6 Å². The monoisotopic (exact) mass is 443 g/mol. The molecule has 2 saturated heterocycles. The molecule has 1 atom stereocenters. The molecule has 3 heterocycles. The van der Waals surface area contributed by atoms with Crippen molar-refractivity contribution in [3.8, 4) is 11.5 Å². The molecule has 0 radical (unpaired) electrons. The Morgan fingerprint density at radius 3 is 2.75 bits per heavy atom. The molecule has 9 nitrogen and oxygen atoms in total. The van der Waals surface area contributed by atoms with Gasteiger partial charge in [0, 0.05) is 51.7 Å². The van der Waals surface area contributed by atoms with E-state index in [0.717, 1.165) is 56.5 Å². The van der Waals surface area contributed by atoms with E-state index in [-0.39, 0.29) is 0 Å². The summed E-state index contributed by atoms with van der Waals surface area (Å²) < 4.78 is 16.9. The Kier molecular flexibility index (Phi) is 7.75. The summed E-state index contributed by atoms with van der Waals surface area (Å²) in [5.74, 6) is 2.13. The predicted octanol–water partition coefficient (Wildman–Crippen LogP) is 0.927. The van der Waals surface area contributed by atoms with E-state index < -0.39 is 5.60 Å². The van der Waals surface area contributed by atoms with Crippen LogP contribution in [0.1, 0.15) is 12.0 Å². The highest BCUT2D eigenvalue weighted by atomic mass is 16.5. The van der Waals surface area contributed by atoms with E-state index in [2.05, 4.69) is 20.2 Å². The minimum atomic E-state index is -0.800. The summed E-state index contributed by atoms with van der Waals surface area (Å²) in [6.07, 6.45) is 4.13. The molecule has 1 aromatic carbocycles. The largest absolute Gasteiger partial charge is 0.493 e. The first kappa shape index (κ1) is 22.7. The Labute approximate surface area is 189 Å². The first-order valence-electron chi connectivity index (χ1n) is 11.2. The summed E-state index contributed by atoms with van der Waals surface area (Å²) in [5, 5.41) is 14.3. The molecule has 2 aromatic rings. The van der Waals surface area contributed by atoms with Crippen molar-refractivity contribution < 1.29 is 19.3 Å². The maximum atomic E-state index is 10.9. The molecule has 2 aliphatic heterocycles. The molecule has 32 heavy (non-hydrogen) atoms. The van der Waals surface area contributed by atoms with Crippen LogP contribution >= 0.6 is 0 Å². The van der Waals surface area contributed by atoms with Gasteiger partial charge in [-0.1, -0.05) is 6.07 Å². The Morgan fingerprint density at radius 2 is 1.97 bits per heavy atom. The van der Waals surface area contributed by atoms with Gasteiger partial charge in [-0.2, -0.15) is 0 Å². The highest BCUT2D eigenvalue weighted by Crippen LogP contribution is 2.28. The molecule has 0 amide bonds. The first-order valence-corrected chi connectivity index (χ1v) is 11.2. The molecule has 2 aliphatic rings. The second-order valence-corrected chi connectivity index (χ2v) is 8.34. The van der Waals surface area contributed by atoms with E-state index in [0.29, 0.717) is 38.6 Å². The summed E-state index contributed by atoms with van der Waals surface area (Å²) in [5.41, 5.74) is 0.276. The van der Waals surface area contributed by atoms with Crippen molar-refractivity contribution in [2.24, 2.45) is 0 Å². The zero-order valence-corrected chi connectivity index (χ0v) is 18.7. The van der Waals surface area contributed by atoms with E-state index in [4.69, 9.17) is 14.2 Å². The van der Waals surface area contributed by atoms with Crippen molar-refractivity contribution in [3.05, 3.63) is 42.2 Å². The number of methoxy groups -OCH3 is 1. The lowest BCUT2D eigenvalue weighted by molar-refractivity contribution is 0.0321. The number of ether oxygens (including phenoxy) is 3. The van der Waals surface area contributed by atoms with Gasteiger partial charge in [-0.3, -0.25) is 4.90 Å². The van der Waals surface area contributed by atoms with Gasteiger partial charge in [0.25, 0.3) is 0 Å². The van der Waals surface area contributed by atoms with Crippen molar-refractivity contribution in [1.82, 2.24) is 20.2 Å². The minimum absolute atomic E-state index is 0.496. The summed E-state index contributed by atoms with van der Waals surface area (Å²) in [4.78, 5) is 12.9. The second kappa shape index (κ2) is 10.9. The molecule has 4 rings (SSSR count). The van der Waals surface area contributed by atoms with Gasteiger partial charge in [0.15, 0.2) is 11.5 Å². The molecule has 1 unspecified atom stereocenters. The second-order valence-electron chi connectivity index (χ2n) is 8.34. The van der Waals surface area contributed by atoms with E-state index in [9.17, 15) is 5.11 Å². The average molecular weight is 444 g/mol. The summed E-state index contributed by atoms with van der Waals surface area (Å²) >= 11 is 0. The van der Waals surface area contributed by atoms with Crippen LogP contribution in [0.25, 0.3) is 0 Å². The number of nitrogens with one attached hydrogen (secondary N) is 1. The Morgan fingerprint density at radius 1 is 1.16 bits per heavy atom. The number of hydrogen-bond donors (Lipinski definition) is 2. The lowest BCUT2D eigenvalue weighted by atomic mass is 10.0. The van der Waals surface area contributed by atoms with Crippen LogP contribution in [-0.4, -0.2) is 91.8 Å². The molecule has 0 saturated carbocycles. The van der Waals surface area contributed by atoms with Crippen LogP contribution in [0.2, 0.25) is 0 Å². The number of aromatic nitrogens is 2. The number of hydrogen-bond acceptors (Lipinski definition) is 9. The highest BCUT2D eigenvalue weighted by molar-refractivity contribution is 5.43. The first-order chi connectivity index (χ1) is 15.6. The summed E-state index contributed by atoms with van der Waals surface area (Å²) in [6.45, 7) is 7.36. The van der Waals surface area contributed by atoms with Gasteiger partial charge >= 0.3 is 0 Å². The predicted molar refractivity (Wildman–Crippen MR) is 121 cm³/mol. The van der Waals surface area contributed by atoms with Gasteiger partial charge < -0.3 is 29.5 Å². The van der Waals surface area contributed by atoms with Gasteiger partial charge in [-0.15, -0.1) is 0 Å². The maximum absolute atomic E-state index is 10.9. The number of β-amino-alcohol motifs (C(OH)–C–C–N with tert-alkyl or cyclic N) is 1. The number of rotatable bonds is 10. The molecule has 0 aliphatic carbocycles. The number of aliphatic hydroxyl groups is 1. The van der Waals surface area contributed by atoms with Crippen LogP contribution in [0.15, 0.2) is 36.7 Å². The number of benzene rings is 1. The average Bonchev–Trinajstić information content (AvgIpc) is 3.23. The summed E-state index contributed by atoms with van der Waals surface area (Å²) in [6, 6.07) is 7.76. The van der Waals surface area contributed by atoms with Gasteiger partial charge in [-0.25, -0.2) is 9.97 Å². The third-order valence-electron chi connectivity index (χ3n) is 5.95. The van der Waals surface area contributed by atoms with Crippen molar-refractivity contribution >= 4 is 5.95 Å². The third kappa shape index (κ3) is 6.07. The number of nitrogens with zero attached hydrogens (tertiary/aromatic N) is 4. The fraction of sp³-hybridized carbons (Fsp3) is 0.565. The van der Waals surface area contributed by atoms with Crippen LogP contribution in [0, 0.1) is 0 Å². The quantitative estimate of drug-likeness (QED) is 0.556. The Bertz CT molecular complexity index is 850. The van der Waals surface area contributed by atoms with Gasteiger partial charge in [-0.05, 0) is 30.2 Å². The van der Waals surface area contributed by atoms with E-state index in [1.807, 2.05) is 23.1 Å². The molecular formula is C23H33N5O4. The van der Waals surface area contributed by atoms with Crippen molar-refractivity contribution in [2.75, 3.05) is 71.1 Å². The van der Waals surface area contributed by atoms with Crippen LogP contribution < -0.4 is 19.7 Å². The minimum Gasteiger partial charge on any atom is -0.493 e. The zero-order valence-electron chi connectivity index (χ0n) is 18.7. The van der Waals surface area contributed by atoms with Crippen molar-refractivity contribution in [3.63, 3.8) is 0 Å². The lowest BCUT2D eigenvalue weighted by Gasteiger charge is -2.26. The molecule has 0 bridgehead atoms. The molecule has 2 fully saturated rings. The number of anilines is 1. The molecule has 0 spiro atoms. The molecule has 1 aromatic heterocycles. The SMILES string of the molecule is COc1cc(CNCC2(O)CCN(c3ncccn3)C2)ccc1OCCN1CCOCC1. The van der Waals surface area contributed by atoms with E-state index >= 15 is 0 Å². The lowest BCUT2D eigenvalue weighted by Crippen LogP contribution is -2.43. The van der Waals surface area contributed by atoms with Gasteiger partial charge in [0.2, 0.25) is 5.95 Å². The fourth-order valence-electron chi connectivity index (χ4n) is 4.12. The van der Waals surface area contributed by atoms with Gasteiger partial charge in [0.1, 0.15) is 6.61 Å². The topological polar surface area (TPSA) is 92.2 Å². The van der Waals surface area contributed by atoms with Gasteiger partial charge in [0.05, 0.1) is 32.5 Å². The molecule has 174 valence electrons. The van der Waals surface area contributed by atoms with Crippen LogP contribution in [0.5, 0.6) is 11.5 Å². The molecule has 2 N–H and O–H groups in total. The molecule has 9 heteroatoms. The van der Waals surface area contributed by atoms with Crippen LogP contribution in [0.3, 0.4) is 0 Å². The summed E-state index contributed by atoms with van der Waals surface area (Å²) in [7, 11) is 1.66. The van der Waals surface area contributed by atoms with Crippen LogP contribution in [0.4, 0.5) is 5.95 Å². The third-order valence-corrected chi connectivity index (χ3v) is 5.95. The Balaban J connectivity index is 1.23. The fourth-order valence-corrected chi connectivity index (χ4v) is 4.12. The maximum Gasteiger partial charge on any atom is 0.225 e. The molecular weight excluding hydrogens is 410 g/mol. The standard InChI is InChI=1S/C23H33N5O4/c1-30-21-15-19(3-4-20(21)32-14-11-27-9-12-31-13-10-27)16-24-17-23(29)5-8-28(18-23)22-25-6-2-7-26-22/h2-4,6-7,15,24,29H,5,8-14,16-18H2,1H3. The number of morpholine rings is 1. The smallest absolute Gasteiger partial charge is 0.225 e. The van der Waals surface area contributed by atoms with E-state index in [1.165, 1.54) is 0 Å². The normalized spacial score (nSPS) is 21.6. The van der Waals surface area contributed by atoms with Crippen molar-refractivity contribution in [2.45, 2.75) is 18.6 Å².